The Balaban J connectivity index is 3.40. The molecule has 0 aliphatic rings. The molecule has 0 unspecified atom stereocenters. The minimum Gasteiger partial charge on any atom is -0.396 e. The first kappa shape index (κ1) is 17.3. The monoisotopic (exact) mass is 300 g/mol. The van der Waals surface area contributed by atoms with Crippen molar-refractivity contribution in [2.24, 2.45) is 0 Å². The normalized spacial score (nSPS) is 12.8. The second-order valence-electron chi connectivity index (χ2n) is 4.84. The van der Waals surface area contributed by atoms with E-state index in [9.17, 15) is 13.2 Å². The number of nitrogens with zero attached hydrogens (tertiary/aromatic N) is 2. The smallest absolute Gasteiger partial charge is 0.396 e. The Kier molecular flexibility index (Phi) is 6.03. The van der Waals surface area contributed by atoms with E-state index in [0.717, 1.165) is 0 Å². The topological polar surface area (TPSA) is 47.3 Å². The van der Waals surface area contributed by atoms with E-state index >= 15 is 0 Å². The van der Waals surface area contributed by atoms with Crippen LogP contribution in [0.5, 0.6) is 0 Å². The largest absolute Gasteiger partial charge is 0.419 e. The summed E-state index contributed by atoms with van der Waals surface area (Å²) in [6, 6.07) is 5.51. The first-order valence-corrected chi connectivity index (χ1v) is 6.84. The number of rotatable bonds is 6. The van der Waals surface area contributed by atoms with E-state index in [1.54, 1.807) is 11.0 Å². The van der Waals surface area contributed by atoms with Crippen molar-refractivity contribution in [3.8, 4) is 6.07 Å². The van der Waals surface area contributed by atoms with Gasteiger partial charge in [0.2, 0.25) is 0 Å². The Morgan fingerprint density at radius 2 is 2.05 bits per heavy atom. The third kappa shape index (κ3) is 4.11. The molecule has 1 atom stereocenters. The number of alkyl halides is 3. The summed E-state index contributed by atoms with van der Waals surface area (Å²) in [7, 11) is 0. The molecule has 6 heteroatoms. The minimum atomic E-state index is -4.59. The Labute approximate surface area is 122 Å². The highest BCUT2D eigenvalue weighted by Gasteiger charge is 2.38. The van der Waals surface area contributed by atoms with Gasteiger partial charge in [-0.15, -0.1) is 0 Å². The summed E-state index contributed by atoms with van der Waals surface area (Å²) in [5.41, 5.74) is -1.27. The number of benzene rings is 1. The standard InChI is InChI=1S/C15H19F3N2O/c1-3-11(2)20(8-5-9-21)13-7-4-6-12(10-19)14(13)15(16,17)18/h4,6-7,11,21H,3,5,8-9H2,1-2H3/t11-/m0/s1. The van der Waals surface area contributed by atoms with Crippen molar-refractivity contribution in [3.63, 3.8) is 0 Å². The molecule has 0 aliphatic heterocycles. The molecule has 3 nitrogen and oxygen atoms in total. The lowest BCUT2D eigenvalue weighted by Crippen LogP contribution is -2.35. The molecule has 1 aromatic rings. The summed E-state index contributed by atoms with van der Waals surface area (Å²) < 4.78 is 40.0. The Morgan fingerprint density at radius 1 is 1.38 bits per heavy atom. The van der Waals surface area contributed by atoms with E-state index < -0.39 is 11.7 Å². The molecule has 0 bridgehead atoms. The van der Waals surface area contributed by atoms with Gasteiger partial charge in [-0.05, 0) is 31.9 Å². The van der Waals surface area contributed by atoms with Crippen LogP contribution in [0.1, 0.15) is 37.8 Å². The van der Waals surface area contributed by atoms with Gasteiger partial charge in [0.05, 0.1) is 22.9 Å². The van der Waals surface area contributed by atoms with E-state index in [0.29, 0.717) is 19.4 Å². The van der Waals surface area contributed by atoms with Gasteiger partial charge in [-0.1, -0.05) is 13.0 Å². The number of halogens is 3. The summed E-state index contributed by atoms with van der Waals surface area (Å²) in [5.74, 6) is 0. The van der Waals surface area contributed by atoms with Crippen molar-refractivity contribution in [2.75, 3.05) is 18.1 Å². The number of aliphatic hydroxyl groups excluding tert-OH is 1. The molecule has 1 aromatic carbocycles. The average molecular weight is 300 g/mol. The fourth-order valence-electron chi connectivity index (χ4n) is 2.21. The first-order valence-electron chi connectivity index (χ1n) is 6.84. The molecular weight excluding hydrogens is 281 g/mol. The van der Waals surface area contributed by atoms with E-state index in [1.807, 2.05) is 13.8 Å². The summed E-state index contributed by atoms with van der Waals surface area (Å²) >= 11 is 0. The average Bonchev–Trinajstić information content (AvgIpc) is 2.45. The van der Waals surface area contributed by atoms with Crippen LogP contribution in [-0.4, -0.2) is 24.3 Å². The molecular formula is C15H19F3N2O. The van der Waals surface area contributed by atoms with Gasteiger partial charge in [-0.3, -0.25) is 0 Å². The van der Waals surface area contributed by atoms with Crippen molar-refractivity contribution in [3.05, 3.63) is 29.3 Å². The van der Waals surface area contributed by atoms with Crippen LogP contribution in [-0.2, 0) is 6.18 Å². The fourth-order valence-corrected chi connectivity index (χ4v) is 2.21. The molecule has 0 heterocycles. The molecule has 0 radical (unpaired) electrons. The molecule has 1 rings (SSSR count). The van der Waals surface area contributed by atoms with Gasteiger partial charge in [0.1, 0.15) is 0 Å². The minimum absolute atomic E-state index is 0.00403. The van der Waals surface area contributed by atoms with E-state index in [2.05, 4.69) is 0 Å². The van der Waals surface area contributed by atoms with Crippen LogP contribution in [0.2, 0.25) is 0 Å². The molecule has 1 N–H and O–H groups in total. The maximum Gasteiger partial charge on any atom is 0.419 e. The van der Waals surface area contributed by atoms with Crippen molar-refractivity contribution >= 4 is 5.69 Å². The van der Waals surface area contributed by atoms with Crippen molar-refractivity contribution in [1.29, 1.82) is 5.26 Å². The molecule has 0 amide bonds. The van der Waals surface area contributed by atoms with Gasteiger partial charge in [0.15, 0.2) is 0 Å². The highest BCUT2D eigenvalue weighted by Crippen LogP contribution is 2.39. The zero-order chi connectivity index (χ0) is 16.0. The molecule has 0 aromatic heterocycles. The third-order valence-corrected chi connectivity index (χ3v) is 3.44. The van der Waals surface area contributed by atoms with Gasteiger partial charge in [-0.25, -0.2) is 0 Å². The number of aliphatic hydroxyl groups is 1. The maximum atomic E-state index is 13.3. The highest BCUT2D eigenvalue weighted by molar-refractivity contribution is 5.61. The van der Waals surface area contributed by atoms with Crippen LogP contribution in [0.3, 0.4) is 0 Å². The first-order chi connectivity index (χ1) is 9.86. The Bertz CT molecular complexity index is 509. The van der Waals surface area contributed by atoms with Gasteiger partial charge in [-0.2, -0.15) is 18.4 Å². The Hall–Kier alpha value is -1.74. The molecule has 0 saturated carbocycles. The van der Waals surface area contributed by atoms with Gasteiger partial charge >= 0.3 is 6.18 Å². The zero-order valence-electron chi connectivity index (χ0n) is 12.1. The van der Waals surface area contributed by atoms with Gasteiger partial charge in [0, 0.05) is 19.2 Å². The van der Waals surface area contributed by atoms with Crippen LogP contribution < -0.4 is 4.90 Å². The zero-order valence-corrected chi connectivity index (χ0v) is 12.1. The molecule has 0 saturated heterocycles. The molecule has 21 heavy (non-hydrogen) atoms. The number of hydrogen-bond acceptors (Lipinski definition) is 3. The predicted octanol–water partition coefficient (Wildman–Crippen LogP) is 3.56. The van der Waals surface area contributed by atoms with Crippen molar-refractivity contribution in [1.82, 2.24) is 0 Å². The lowest BCUT2D eigenvalue weighted by atomic mass is 10.0. The summed E-state index contributed by atoms with van der Waals surface area (Å²) in [6.45, 7) is 3.93. The van der Waals surface area contributed by atoms with Crippen molar-refractivity contribution < 1.29 is 18.3 Å². The van der Waals surface area contributed by atoms with Crippen LogP contribution in [0.25, 0.3) is 0 Å². The SMILES string of the molecule is CC[C@H](C)N(CCCO)c1cccc(C#N)c1C(F)(F)F. The molecule has 0 fully saturated rings. The predicted molar refractivity (Wildman–Crippen MR) is 75.0 cm³/mol. The quantitative estimate of drug-likeness (QED) is 0.873. The third-order valence-electron chi connectivity index (χ3n) is 3.44. The van der Waals surface area contributed by atoms with Gasteiger partial charge in [0.25, 0.3) is 0 Å². The fraction of sp³-hybridized carbons (Fsp3) is 0.533. The summed E-state index contributed by atoms with van der Waals surface area (Å²) in [6.07, 6.45) is -3.55. The number of nitriles is 1. The van der Waals surface area contributed by atoms with Crippen LogP contribution >= 0.6 is 0 Å². The lowest BCUT2D eigenvalue weighted by molar-refractivity contribution is -0.137. The highest BCUT2D eigenvalue weighted by atomic mass is 19.4. The second-order valence-corrected chi connectivity index (χ2v) is 4.84. The molecule has 0 spiro atoms. The summed E-state index contributed by atoms with van der Waals surface area (Å²) in [4.78, 5) is 1.61. The second kappa shape index (κ2) is 7.32. The summed E-state index contributed by atoms with van der Waals surface area (Å²) in [5, 5.41) is 17.9. The number of anilines is 1. The van der Waals surface area contributed by atoms with E-state index in [-0.39, 0.29) is 23.9 Å². The van der Waals surface area contributed by atoms with Crippen LogP contribution in [0.4, 0.5) is 18.9 Å². The lowest BCUT2D eigenvalue weighted by Gasteiger charge is -2.33. The Morgan fingerprint density at radius 3 is 2.52 bits per heavy atom. The number of hydrogen-bond donors (Lipinski definition) is 1. The van der Waals surface area contributed by atoms with Gasteiger partial charge < -0.3 is 10.0 Å². The molecule has 0 aliphatic carbocycles. The van der Waals surface area contributed by atoms with E-state index in [4.69, 9.17) is 10.4 Å². The maximum absolute atomic E-state index is 13.3. The van der Waals surface area contributed by atoms with Crippen LogP contribution in [0.15, 0.2) is 18.2 Å². The van der Waals surface area contributed by atoms with E-state index in [1.165, 1.54) is 18.2 Å². The van der Waals surface area contributed by atoms with Crippen LogP contribution in [0, 0.1) is 11.3 Å². The van der Waals surface area contributed by atoms with Crippen molar-refractivity contribution in [2.45, 2.75) is 38.9 Å². The molecule has 116 valence electrons.